The Morgan fingerprint density at radius 1 is 1.25 bits per heavy atom. The summed E-state index contributed by atoms with van der Waals surface area (Å²) in [5, 5.41) is 3.39. The van der Waals surface area contributed by atoms with Crippen molar-refractivity contribution in [2.45, 2.75) is 45.5 Å². The molecular weight excluding hydrogens is 216 g/mol. The largest absolute Gasteiger partial charge is 0.415 e. The lowest BCUT2D eigenvalue weighted by molar-refractivity contribution is 0.222. The summed E-state index contributed by atoms with van der Waals surface area (Å²) < 4.78 is 6.04. The number of nitrogens with zero attached hydrogens (tertiary/aromatic N) is 1. The molecule has 0 aromatic heterocycles. The van der Waals surface area contributed by atoms with Crippen molar-refractivity contribution in [2.75, 3.05) is 32.7 Å². The summed E-state index contributed by atoms with van der Waals surface area (Å²) in [5.74, 6) is 0. The van der Waals surface area contributed by atoms with Crippen LogP contribution in [0.15, 0.2) is 0 Å². The van der Waals surface area contributed by atoms with Crippen molar-refractivity contribution in [3.63, 3.8) is 0 Å². The quantitative estimate of drug-likeness (QED) is 0.723. The van der Waals surface area contributed by atoms with Crippen LogP contribution in [0.3, 0.4) is 0 Å². The van der Waals surface area contributed by atoms with Crippen molar-refractivity contribution in [2.24, 2.45) is 0 Å². The van der Waals surface area contributed by atoms with E-state index >= 15 is 0 Å². The third-order valence-corrected chi connectivity index (χ3v) is 5.68. The van der Waals surface area contributed by atoms with E-state index in [1.54, 1.807) is 0 Å². The molecule has 0 aliphatic carbocycles. The Morgan fingerprint density at radius 3 is 2.44 bits per heavy atom. The van der Waals surface area contributed by atoms with Gasteiger partial charge in [-0.1, -0.05) is 0 Å². The number of hydrogen-bond donors (Lipinski definition) is 1. The molecule has 0 radical (unpaired) electrons. The molecule has 1 aliphatic rings. The van der Waals surface area contributed by atoms with Gasteiger partial charge in [0, 0.05) is 32.3 Å². The lowest BCUT2D eigenvalue weighted by atomic mass is 10.3. The van der Waals surface area contributed by atoms with Gasteiger partial charge in [0.15, 0.2) is 8.32 Å². The minimum absolute atomic E-state index is 0.390. The van der Waals surface area contributed by atoms with Crippen molar-refractivity contribution >= 4 is 8.32 Å². The third kappa shape index (κ3) is 5.99. The number of hydrogen-bond acceptors (Lipinski definition) is 3. The monoisotopic (exact) mass is 244 g/mol. The van der Waals surface area contributed by atoms with Crippen molar-refractivity contribution in [1.29, 1.82) is 0 Å². The summed E-state index contributed by atoms with van der Waals surface area (Å²) in [5.41, 5.74) is 0. The maximum absolute atomic E-state index is 6.04. The maximum Gasteiger partial charge on any atom is 0.187 e. The fourth-order valence-corrected chi connectivity index (χ4v) is 4.76. The average molecular weight is 244 g/mol. The van der Waals surface area contributed by atoms with Gasteiger partial charge in [-0.2, -0.15) is 0 Å². The summed E-state index contributed by atoms with van der Waals surface area (Å²) in [6.45, 7) is 15.0. The van der Waals surface area contributed by atoms with Crippen molar-refractivity contribution < 1.29 is 4.43 Å². The van der Waals surface area contributed by atoms with Crippen molar-refractivity contribution in [3.8, 4) is 0 Å². The SMILES string of the molecule is CC(C)O[Si](C)(C)CCCN1CCNCC1. The summed E-state index contributed by atoms with van der Waals surface area (Å²) in [6.07, 6.45) is 1.69. The Kier molecular flexibility index (Phi) is 5.96. The first-order valence-electron chi connectivity index (χ1n) is 6.60. The van der Waals surface area contributed by atoms with Crippen LogP contribution in [0.2, 0.25) is 19.1 Å². The van der Waals surface area contributed by atoms with Gasteiger partial charge in [-0.15, -0.1) is 0 Å². The zero-order chi connectivity index (χ0) is 12.0. The van der Waals surface area contributed by atoms with E-state index in [0.717, 1.165) is 13.1 Å². The van der Waals surface area contributed by atoms with Crippen molar-refractivity contribution in [3.05, 3.63) is 0 Å². The standard InChI is InChI=1S/C12H28N2OSi/c1-12(2)15-16(3,4)11-5-8-14-9-6-13-7-10-14/h12-13H,5-11H2,1-4H3. The second kappa shape index (κ2) is 6.74. The molecule has 1 N–H and O–H groups in total. The van der Waals surface area contributed by atoms with E-state index in [1.807, 2.05) is 0 Å². The van der Waals surface area contributed by atoms with Gasteiger partial charge in [-0.25, -0.2) is 0 Å². The zero-order valence-corrected chi connectivity index (χ0v) is 12.4. The molecule has 0 unspecified atom stereocenters. The fourth-order valence-electron chi connectivity index (χ4n) is 2.36. The van der Waals surface area contributed by atoms with E-state index in [1.165, 1.54) is 32.1 Å². The Bertz CT molecular complexity index is 191. The highest BCUT2D eigenvalue weighted by Gasteiger charge is 2.23. The highest BCUT2D eigenvalue weighted by Crippen LogP contribution is 2.16. The van der Waals surface area contributed by atoms with Gasteiger partial charge in [0.05, 0.1) is 0 Å². The van der Waals surface area contributed by atoms with E-state index in [0.29, 0.717) is 6.10 Å². The smallest absolute Gasteiger partial charge is 0.187 e. The molecule has 0 bridgehead atoms. The Morgan fingerprint density at radius 2 is 1.88 bits per heavy atom. The predicted molar refractivity (Wildman–Crippen MR) is 72.4 cm³/mol. The molecular formula is C12H28N2OSi. The van der Waals surface area contributed by atoms with Crippen LogP contribution >= 0.6 is 0 Å². The third-order valence-electron chi connectivity index (χ3n) is 3.02. The maximum atomic E-state index is 6.04. The van der Waals surface area contributed by atoms with E-state index in [-0.39, 0.29) is 0 Å². The van der Waals surface area contributed by atoms with Crippen LogP contribution in [0, 0.1) is 0 Å². The second-order valence-electron chi connectivity index (χ2n) is 5.62. The van der Waals surface area contributed by atoms with Crippen LogP contribution in [0.4, 0.5) is 0 Å². The molecule has 0 aromatic rings. The predicted octanol–water partition coefficient (Wildman–Crippen LogP) is 1.91. The first-order valence-corrected chi connectivity index (χ1v) is 9.72. The molecule has 4 heteroatoms. The molecule has 3 nitrogen and oxygen atoms in total. The first-order chi connectivity index (χ1) is 7.49. The Hall–Kier alpha value is 0.0969. The number of piperazine rings is 1. The van der Waals surface area contributed by atoms with E-state index < -0.39 is 8.32 Å². The first kappa shape index (κ1) is 14.2. The summed E-state index contributed by atoms with van der Waals surface area (Å²) in [6, 6.07) is 1.29. The van der Waals surface area contributed by atoms with Crippen LogP contribution < -0.4 is 5.32 Å². The van der Waals surface area contributed by atoms with Gasteiger partial charge in [-0.3, -0.25) is 0 Å². The second-order valence-corrected chi connectivity index (χ2v) is 9.88. The Balaban J connectivity index is 2.13. The van der Waals surface area contributed by atoms with Gasteiger partial charge in [0.2, 0.25) is 0 Å². The zero-order valence-electron chi connectivity index (χ0n) is 11.4. The van der Waals surface area contributed by atoms with Gasteiger partial charge >= 0.3 is 0 Å². The molecule has 1 aliphatic heterocycles. The van der Waals surface area contributed by atoms with E-state index in [4.69, 9.17) is 4.43 Å². The van der Waals surface area contributed by atoms with E-state index in [2.05, 4.69) is 37.2 Å². The molecule has 16 heavy (non-hydrogen) atoms. The molecule has 0 spiro atoms. The summed E-state index contributed by atoms with van der Waals surface area (Å²) in [7, 11) is -1.39. The van der Waals surface area contributed by atoms with Gasteiger partial charge in [0.25, 0.3) is 0 Å². The molecule has 1 fully saturated rings. The van der Waals surface area contributed by atoms with Gasteiger partial charge < -0.3 is 14.6 Å². The van der Waals surface area contributed by atoms with Crippen LogP contribution in [0.1, 0.15) is 20.3 Å². The minimum Gasteiger partial charge on any atom is -0.415 e. The molecule has 1 saturated heterocycles. The molecule has 1 heterocycles. The minimum atomic E-state index is -1.39. The lowest BCUT2D eigenvalue weighted by Gasteiger charge is -2.29. The molecule has 96 valence electrons. The normalized spacial score (nSPS) is 19.3. The van der Waals surface area contributed by atoms with Gasteiger partial charge in [0.1, 0.15) is 0 Å². The fraction of sp³-hybridized carbons (Fsp3) is 1.00. The molecule has 0 saturated carbocycles. The highest BCUT2D eigenvalue weighted by molar-refractivity contribution is 6.71. The number of rotatable bonds is 6. The number of nitrogens with one attached hydrogen (secondary N) is 1. The molecule has 0 amide bonds. The molecule has 0 aromatic carbocycles. The van der Waals surface area contributed by atoms with Crippen LogP contribution in [0.25, 0.3) is 0 Å². The van der Waals surface area contributed by atoms with Crippen LogP contribution in [0.5, 0.6) is 0 Å². The Labute approximate surface area is 102 Å². The lowest BCUT2D eigenvalue weighted by Crippen LogP contribution is -2.44. The van der Waals surface area contributed by atoms with Crippen LogP contribution in [-0.4, -0.2) is 52.0 Å². The molecule has 0 atom stereocenters. The average Bonchev–Trinajstić information content (AvgIpc) is 2.16. The van der Waals surface area contributed by atoms with E-state index in [9.17, 15) is 0 Å². The topological polar surface area (TPSA) is 24.5 Å². The summed E-state index contributed by atoms with van der Waals surface area (Å²) in [4.78, 5) is 2.57. The van der Waals surface area contributed by atoms with Crippen LogP contribution in [-0.2, 0) is 4.43 Å². The van der Waals surface area contributed by atoms with Gasteiger partial charge in [-0.05, 0) is 46.0 Å². The summed E-state index contributed by atoms with van der Waals surface area (Å²) >= 11 is 0. The highest BCUT2D eigenvalue weighted by atomic mass is 28.4. The van der Waals surface area contributed by atoms with Crippen molar-refractivity contribution in [1.82, 2.24) is 10.2 Å². The molecule has 1 rings (SSSR count).